The van der Waals surface area contributed by atoms with Crippen LogP contribution in [-0.2, 0) is 11.2 Å². The third-order valence-corrected chi connectivity index (χ3v) is 3.46. The van der Waals surface area contributed by atoms with Gasteiger partial charge in [-0.3, -0.25) is 9.78 Å². The Morgan fingerprint density at radius 3 is 2.80 bits per heavy atom. The highest BCUT2D eigenvalue weighted by molar-refractivity contribution is 9.10. The molecule has 0 saturated heterocycles. The fraction of sp³-hybridized carbons (Fsp3) is 0.133. The van der Waals surface area contributed by atoms with Gasteiger partial charge in [-0.25, -0.2) is 0 Å². The molecule has 0 bridgehead atoms. The first kappa shape index (κ1) is 14.2. The smallest absolute Gasteiger partial charge is 0.242 e. The van der Waals surface area contributed by atoms with Gasteiger partial charge in [0, 0.05) is 16.9 Å². The highest BCUT2D eigenvalue weighted by atomic mass is 79.9. The fourth-order valence-corrected chi connectivity index (χ4v) is 2.12. The largest absolute Gasteiger partial charge is 0.324 e. The maximum absolute atomic E-state index is 12.1. The van der Waals surface area contributed by atoms with Gasteiger partial charge in [-0.05, 0) is 46.1 Å². The number of nitrogens with one attached hydrogen (secondary N) is 1. The van der Waals surface area contributed by atoms with Gasteiger partial charge >= 0.3 is 0 Å². The number of carbonyl (C=O) groups is 1. The number of benzene rings is 1. The zero-order chi connectivity index (χ0) is 14.4. The van der Waals surface area contributed by atoms with Gasteiger partial charge < -0.3 is 5.32 Å². The molecule has 1 aromatic carbocycles. The molecule has 1 aromatic heterocycles. The number of nitriles is 1. The monoisotopic (exact) mass is 329 g/mol. The highest BCUT2D eigenvalue weighted by Crippen LogP contribution is 2.22. The Labute approximate surface area is 125 Å². The number of rotatable bonds is 4. The molecule has 0 aliphatic rings. The summed E-state index contributed by atoms with van der Waals surface area (Å²) in [7, 11) is 0. The van der Waals surface area contributed by atoms with Crippen molar-refractivity contribution in [2.75, 3.05) is 5.32 Å². The van der Waals surface area contributed by atoms with Crippen molar-refractivity contribution in [2.45, 2.75) is 6.42 Å². The molecule has 2 aromatic rings. The van der Waals surface area contributed by atoms with Crippen LogP contribution in [0.3, 0.4) is 0 Å². The predicted molar refractivity (Wildman–Crippen MR) is 79.8 cm³/mol. The van der Waals surface area contributed by atoms with E-state index in [1.165, 1.54) is 0 Å². The van der Waals surface area contributed by atoms with E-state index in [0.29, 0.717) is 12.1 Å². The Balaban J connectivity index is 2.07. The van der Waals surface area contributed by atoms with Crippen molar-refractivity contribution < 1.29 is 4.79 Å². The minimum Gasteiger partial charge on any atom is -0.324 e. The normalized spacial score (nSPS) is 11.4. The molecule has 1 atom stereocenters. The van der Waals surface area contributed by atoms with Gasteiger partial charge in [-0.15, -0.1) is 0 Å². The fourth-order valence-electron chi connectivity index (χ4n) is 1.73. The Bertz CT molecular complexity index is 637. The summed E-state index contributed by atoms with van der Waals surface area (Å²) >= 11 is 3.36. The maximum atomic E-state index is 12.1. The van der Waals surface area contributed by atoms with Gasteiger partial charge in [0.05, 0.1) is 11.8 Å². The average molecular weight is 330 g/mol. The van der Waals surface area contributed by atoms with Gasteiger partial charge in [0.1, 0.15) is 5.92 Å². The van der Waals surface area contributed by atoms with Crippen LogP contribution in [0.4, 0.5) is 5.69 Å². The molecule has 0 fully saturated rings. The Morgan fingerprint density at radius 1 is 1.35 bits per heavy atom. The zero-order valence-corrected chi connectivity index (χ0v) is 12.2. The molecule has 4 nitrogen and oxygen atoms in total. The molecule has 20 heavy (non-hydrogen) atoms. The van der Waals surface area contributed by atoms with Gasteiger partial charge in [0.2, 0.25) is 5.91 Å². The number of hydrogen-bond acceptors (Lipinski definition) is 3. The third kappa shape index (κ3) is 3.65. The van der Waals surface area contributed by atoms with Gasteiger partial charge in [-0.2, -0.15) is 5.26 Å². The molecule has 100 valence electrons. The summed E-state index contributed by atoms with van der Waals surface area (Å²) in [5.41, 5.74) is 1.52. The van der Waals surface area contributed by atoms with Crippen LogP contribution in [0.15, 0.2) is 53.3 Å². The van der Waals surface area contributed by atoms with Crippen LogP contribution < -0.4 is 5.32 Å². The van der Waals surface area contributed by atoms with E-state index in [4.69, 9.17) is 5.26 Å². The van der Waals surface area contributed by atoms with Crippen LogP contribution in [0.2, 0.25) is 0 Å². The number of amides is 1. The second kappa shape index (κ2) is 6.83. The molecular formula is C15H12BrN3O. The second-order valence-electron chi connectivity index (χ2n) is 4.22. The van der Waals surface area contributed by atoms with E-state index < -0.39 is 5.92 Å². The van der Waals surface area contributed by atoms with Gasteiger partial charge in [-0.1, -0.05) is 18.2 Å². The van der Waals surface area contributed by atoms with E-state index in [0.717, 1.165) is 10.0 Å². The van der Waals surface area contributed by atoms with E-state index in [1.807, 2.05) is 30.3 Å². The number of anilines is 1. The standard InChI is InChI=1S/C15H12BrN3O/c16-13-5-1-2-6-14(13)19-15(20)12(9-17)8-11-4-3-7-18-10-11/h1-7,10,12H,8H2,(H,19,20)/t12-/m1/s1. The van der Waals surface area contributed by atoms with E-state index in [9.17, 15) is 4.79 Å². The van der Waals surface area contributed by atoms with E-state index >= 15 is 0 Å². The Morgan fingerprint density at radius 2 is 2.15 bits per heavy atom. The number of hydrogen-bond donors (Lipinski definition) is 1. The maximum Gasteiger partial charge on any atom is 0.242 e. The van der Waals surface area contributed by atoms with Crippen molar-refractivity contribution in [3.63, 3.8) is 0 Å². The molecule has 1 amide bonds. The van der Waals surface area contributed by atoms with Crippen LogP contribution >= 0.6 is 15.9 Å². The number of aromatic nitrogens is 1. The van der Waals surface area contributed by atoms with Crippen molar-refractivity contribution in [3.8, 4) is 6.07 Å². The molecule has 1 heterocycles. The number of halogens is 1. The summed E-state index contributed by atoms with van der Waals surface area (Å²) in [6.07, 6.45) is 3.67. The van der Waals surface area contributed by atoms with Crippen LogP contribution in [0, 0.1) is 17.2 Å². The third-order valence-electron chi connectivity index (χ3n) is 2.77. The summed E-state index contributed by atoms with van der Waals surface area (Å²) in [6, 6.07) is 13.0. The highest BCUT2D eigenvalue weighted by Gasteiger charge is 2.19. The van der Waals surface area contributed by atoms with Crippen LogP contribution in [0.5, 0.6) is 0 Å². The van der Waals surface area contributed by atoms with Crippen molar-refractivity contribution in [2.24, 2.45) is 5.92 Å². The Hall–Kier alpha value is -2.19. The van der Waals surface area contributed by atoms with Gasteiger partial charge in [0.25, 0.3) is 0 Å². The van der Waals surface area contributed by atoms with Crippen molar-refractivity contribution in [1.29, 1.82) is 5.26 Å². The number of para-hydroxylation sites is 1. The summed E-state index contributed by atoms with van der Waals surface area (Å²) in [4.78, 5) is 16.1. The molecule has 0 spiro atoms. The van der Waals surface area contributed by atoms with E-state index in [1.54, 1.807) is 24.5 Å². The lowest BCUT2D eigenvalue weighted by Gasteiger charge is -2.11. The lowest BCUT2D eigenvalue weighted by atomic mass is 10.0. The second-order valence-corrected chi connectivity index (χ2v) is 5.07. The average Bonchev–Trinajstić information content (AvgIpc) is 2.48. The summed E-state index contributed by atoms with van der Waals surface area (Å²) < 4.78 is 0.784. The van der Waals surface area contributed by atoms with Crippen LogP contribution in [0.25, 0.3) is 0 Å². The molecule has 0 saturated carbocycles. The molecule has 1 N–H and O–H groups in total. The zero-order valence-electron chi connectivity index (χ0n) is 10.6. The summed E-state index contributed by atoms with van der Waals surface area (Å²) in [5, 5.41) is 11.9. The molecule has 2 rings (SSSR count). The van der Waals surface area contributed by atoms with Crippen LogP contribution in [-0.4, -0.2) is 10.9 Å². The Kier molecular flexibility index (Phi) is 4.85. The first-order valence-electron chi connectivity index (χ1n) is 6.04. The molecule has 5 heteroatoms. The SMILES string of the molecule is N#C[C@@H](Cc1cccnc1)C(=O)Nc1ccccc1Br. The van der Waals surface area contributed by atoms with E-state index in [-0.39, 0.29) is 5.91 Å². The summed E-state index contributed by atoms with van der Waals surface area (Å²) in [5.74, 6) is -1.06. The van der Waals surface area contributed by atoms with Crippen LogP contribution in [0.1, 0.15) is 5.56 Å². The minimum atomic E-state index is -0.744. The van der Waals surface area contributed by atoms with Gasteiger partial charge in [0.15, 0.2) is 0 Å². The molecular weight excluding hydrogens is 318 g/mol. The first-order valence-corrected chi connectivity index (χ1v) is 6.84. The quantitative estimate of drug-likeness (QED) is 0.936. The number of pyridine rings is 1. The molecule has 0 radical (unpaired) electrons. The minimum absolute atomic E-state index is 0.316. The molecule has 0 aliphatic carbocycles. The number of nitrogens with zero attached hydrogens (tertiary/aromatic N) is 2. The summed E-state index contributed by atoms with van der Waals surface area (Å²) in [6.45, 7) is 0. The van der Waals surface area contributed by atoms with Crippen molar-refractivity contribution in [1.82, 2.24) is 4.98 Å². The molecule has 0 aliphatic heterocycles. The van der Waals surface area contributed by atoms with Crippen molar-refractivity contribution >= 4 is 27.5 Å². The number of carbonyl (C=O) groups excluding carboxylic acids is 1. The topological polar surface area (TPSA) is 65.8 Å². The van der Waals surface area contributed by atoms with Crippen molar-refractivity contribution in [3.05, 3.63) is 58.8 Å². The van der Waals surface area contributed by atoms with E-state index in [2.05, 4.69) is 26.2 Å². The lowest BCUT2D eigenvalue weighted by molar-refractivity contribution is -0.118. The predicted octanol–water partition coefficient (Wildman–Crippen LogP) is 3.17. The lowest BCUT2D eigenvalue weighted by Crippen LogP contribution is -2.23. The molecule has 0 unspecified atom stereocenters. The first-order chi connectivity index (χ1) is 9.70.